The number of rotatable bonds is 4. The molecule has 0 saturated carbocycles. The molecule has 0 amide bonds. The van der Waals surface area contributed by atoms with Crippen LogP contribution < -0.4 is 5.56 Å². The number of benzene rings is 2. The van der Waals surface area contributed by atoms with Crippen molar-refractivity contribution in [3.63, 3.8) is 0 Å². The molecule has 0 aliphatic heterocycles. The summed E-state index contributed by atoms with van der Waals surface area (Å²) in [4.78, 5) is 18.3. The maximum absolute atomic E-state index is 13.9. The molecule has 0 spiro atoms. The smallest absolute Gasteiger partial charge is 0.267 e. The van der Waals surface area contributed by atoms with E-state index in [1.54, 1.807) is 28.8 Å². The number of halogens is 1. The third kappa shape index (κ3) is 3.10. The minimum absolute atomic E-state index is 0.103. The second-order valence-electron chi connectivity index (χ2n) is 5.39. The third-order valence-corrected chi connectivity index (χ3v) is 5.59. The molecule has 4 aromatic rings. The number of nitrogens with zero attached hydrogens (tertiary/aromatic N) is 2. The fraction of sp³-hybridized carbons (Fsp3) is 0.0526. The Balaban J connectivity index is 1.82. The molecule has 0 unspecified atom stereocenters. The van der Waals surface area contributed by atoms with E-state index in [0.717, 1.165) is 5.69 Å². The maximum atomic E-state index is 13.9. The van der Waals surface area contributed by atoms with Gasteiger partial charge in [0.05, 0.1) is 11.1 Å². The number of aromatic nitrogens is 2. The van der Waals surface area contributed by atoms with Gasteiger partial charge in [-0.15, -0.1) is 11.3 Å². The summed E-state index contributed by atoms with van der Waals surface area (Å²) < 4.78 is 15.5. The van der Waals surface area contributed by atoms with Crippen LogP contribution in [0.2, 0.25) is 0 Å². The Labute approximate surface area is 151 Å². The number of para-hydroxylation sites is 1. The lowest BCUT2D eigenvalue weighted by molar-refractivity contribution is 0.617. The van der Waals surface area contributed by atoms with Gasteiger partial charge in [0.25, 0.3) is 5.56 Å². The highest BCUT2D eigenvalue weighted by molar-refractivity contribution is 7.98. The van der Waals surface area contributed by atoms with E-state index in [1.165, 1.54) is 29.2 Å². The predicted molar refractivity (Wildman–Crippen MR) is 101 cm³/mol. The standard InChI is InChI=1S/C19H13FN2OS2/c20-16-9-5-4-6-13(16)12-25-19-21-17-15(10-11-24-17)18(23)22(19)14-7-2-1-3-8-14/h1-11H,12H2. The zero-order valence-corrected chi connectivity index (χ0v) is 14.7. The van der Waals surface area contributed by atoms with Crippen LogP contribution in [0.5, 0.6) is 0 Å². The molecule has 4 rings (SSSR count). The normalized spacial score (nSPS) is 11.1. The molecule has 2 aromatic carbocycles. The summed E-state index contributed by atoms with van der Waals surface area (Å²) in [6.45, 7) is 0. The van der Waals surface area contributed by atoms with Crippen LogP contribution >= 0.6 is 23.1 Å². The van der Waals surface area contributed by atoms with Gasteiger partial charge >= 0.3 is 0 Å². The minimum Gasteiger partial charge on any atom is -0.268 e. The predicted octanol–water partition coefficient (Wildman–Crippen LogP) is 4.88. The van der Waals surface area contributed by atoms with Gasteiger partial charge in [0.1, 0.15) is 10.6 Å². The molecule has 0 saturated heterocycles. The molecule has 0 fully saturated rings. The lowest BCUT2D eigenvalue weighted by Crippen LogP contribution is -2.21. The van der Waals surface area contributed by atoms with Gasteiger partial charge in [-0.2, -0.15) is 0 Å². The van der Waals surface area contributed by atoms with E-state index in [1.807, 2.05) is 35.7 Å². The highest BCUT2D eigenvalue weighted by Crippen LogP contribution is 2.26. The van der Waals surface area contributed by atoms with Gasteiger partial charge in [-0.25, -0.2) is 9.37 Å². The zero-order valence-electron chi connectivity index (χ0n) is 13.1. The van der Waals surface area contributed by atoms with Gasteiger partial charge in [-0.1, -0.05) is 48.2 Å². The van der Waals surface area contributed by atoms with Crippen molar-refractivity contribution in [2.45, 2.75) is 10.9 Å². The average molecular weight is 368 g/mol. The number of thiophene rings is 1. The molecule has 0 bridgehead atoms. The van der Waals surface area contributed by atoms with Crippen LogP contribution in [0.1, 0.15) is 5.56 Å². The summed E-state index contributed by atoms with van der Waals surface area (Å²) in [6.07, 6.45) is 0. The highest BCUT2D eigenvalue weighted by atomic mass is 32.2. The molecule has 6 heteroatoms. The summed E-state index contributed by atoms with van der Waals surface area (Å²) in [5, 5.41) is 3.03. The van der Waals surface area contributed by atoms with Gasteiger partial charge in [0, 0.05) is 5.75 Å². The van der Waals surface area contributed by atoms with Crippen LogP contribution in [0.25, 0.3) is 15.9 Å². The Kier molecular flexibility index (Phi) is 4.38. The number of fused-ring (bicyclic) bond motifs is 1. The molecule has 0 aliphatic rings. The number of thioether (sulfide) groups is 1. The fourth-order valence-electron chi connectivity index (χ4n) is 2.55. The molecular weight excluding hydrogens is 355 g/mol. The maximum Gasteiger partial charge on any atom is 0.267 e. The topological polar surface area (TPSA) is 34.9 Å². The number of hydrogen-bond acceptors (Lipinski definition) is 4. The second-order valence-corrected chi connectivity index (χ2v) is 7.23. The van der Waals surface area contributed by atoms with Crippen LogP contribution in [0.3, 0.4) is 0 Å². The lowest BCUT2D eigenvalue weighted by atomic mass is 10.2. The molecule has 0 aliphatic carbocycles. The largest absolute Gasteiger partial charge is 0.268 e. The fourth-order valence-corrected chi connectivity index (χ4v) is 4.36. The van der Waals surface area contributed by atoms with Crippen molar-refractivity contribution in [3.05, 3.63) is 87.8 Å². The van der Waals surface area contributed by atoms with Crippen molar-refractivity contribution in [2.24, 2.45) is 0 Å². The molecule has 0 radical (unpaired) electrons. The molecule has 2 aromatic heterocycles. The summed E-state index contributed by atoms with van der Waals surface area (Å²) in [5.41, 5.74) is 1.24. The lowest BCUT2D eigenvalue weighted by Gasteiger charge is -2.12. The van der Waals surface area contributed by atoms with E-state index in [-0.39, 0.29) is 11.4 Å². The van der Waals surface area contributed by atoms with Crippen LogP contribution in [0.4, 0.5) is 4.39 Å². The minimum atomic E-state index is -0.249. The quantitative estimate of drug-likeness (QED) is 0.380. The van der Waals surface area contributed by atoms with Crippen LogP contribution in [0, 0.1) is 5.82 Å². The van der Waals surface area contributed by atoms with Crippen molar-refractivity contribution in [3.8, 4) is 5.69 Å². The Morgan fingerprint density at radius 1 is 1.04 bits per heavy atom. The third-order valence-electron chi connectivity index (χ3n) is 3.80. The molecule has 0 atom stereocenters. The van der Waals surface area contributed by atoms with Gasteiger partial charge in [-0.05, 0) is 35.2 Å². The first kappa shape index (κ1) is 16.1. The second kappa shape index (κ2) is 6.82. The highest BCUT2D eigenvalue weighted by Gasteiger charge is 2.14. The first-order valence-corrected chi connectivity index (χ1v) is 9.52. The molecule has 0 N–H and O–H groups in total. The van der Waals surface area contributed by atoms with Crippen LogP contribution in [-0.4, -0.2) is 9.55 Å². The van der Waals surface area contributed by atoms with E-state index in [9.17, 15) is 9.18 Å². The Morgan fingerprint density at radius 2 is 1.80 bits per heavy atom. The Hall–Kier alpha value is -2.44. The molecule has 3 nitrogen and oxygen atoms in total. The summed E-state index contributed by atoms with van der Waals surface area (Å²) in [5.74, 6) is 0.156. The average Bonchev–Trinajstić information content (AvgIpc) is 3.11. The van der Waals surface area contributed by atoms with Gasteiger partial charge in [0.15, 0.2) is 5.16 Å². The Morgan fingerprint density at radius 3 is 2.60 bits per heavy atom. The first-order chi connectivity index (χ1) is 12.2. The summed E-state index contributed by atoms with van der Waals surface area (Å²) in [6, 6.07) is 17.8. The molecular formula is C19H13FN2OS2. The van der Waals surface area contributed by atoms with Crippen molar-refractivity contribution in [1.29, 1.82) is 0 Å². The van der Waals surface area contributed by atoms with E-state index >= 15 is 0 Å². The first-order valence-electron chi connectivity index (χ1n) is 7.66. The monoisotopic (exact) mass is 368 g/mol. The Bertz CT molecular complexity index is 1090. The van der Waals surface area contributed by atoms with Gasteiger partial charge in [-0.3, -0.25) is 9.36 Å². The van der Waals surface area contributed by atoms with E-state index in [4.69, 9.17) is 0 Å². The summed E-state index contributed by atoms with van der Waals surface area (Å²) in [7, 11) is 0. The SMILES string of the molecule is O=c1c2ccsc2nc(SCc2ccccc2F)n1-c1ccccc1. The summed E-state index contributed by atoms with van der Waals surface area (Å²) >= 11 is 2.79. The van der Waals surface area contributed by atoms with Crippen molar-refractivity contribution in [2.75, 3.05) is 0 Å². The van der Waals surface area contributed by atoms with Crippen LogP contribution in [0.15, 0.2) is 76.0 Å². The van der Waals surface area contributed by atoms with E-state index in [2.05, 4.69) is 4.98 Å². The molecule has 2 heterocycles. The molecule has 25 heavy (non-hydrogen) atoms. The van der Waals surface area contributed by atoms with Crippen molar-refractivity contribution >= 4 is 33.3 Å². The van der Waals surface area contributed by atoms with Gasteiger partial charge in [0.2, 0.25) is 0 Å². The van der Waals surface area contributed by atoms with Crippen LogP contribution in [-0.2, 0) is 5.75 Å². The number of hydrogen-bond donors (Lipinski definition) is 0. The van der Waals surface area contributed by atoms with Gasteiger partial charge < -0.3 is 0 Å². The van der Waals surface area contributed by atoms with E-state index < -0.39 is 0 Å². The van der Waals surface area contributed by atoms with E-state index in [0.29, 0.717) is 26.7 Å². The van der Waals surface area contributed by atoms with Crippen molar-refractivity contribution in [1.82, 2.24) is 9.55 Å². The molecule has 124 valence electrons. The zero-order chi connectivity index (χ0) is 17.2. The van der Waals surface area contributed by atoms with Crippen molar-refractivity contribution < 1.29 is 4.39 Å².